The van der Waals surface area contributed by atoms with Gasteiger partial charge in [0.15, 0.2) is 5.78 Å². The second kappa shape index (κ2) is 5.65. The lowest BCUT2D eigenvalue weighted by Gasteiger charge is -2.39. The number of aromatic nitrogens is 1. The van der Waals surface area contributed by atoms with Crippen molar-refractivity contribution in [3.8, 4) is 11.3 Å². The Morgan fingerprint density at radius 3 is 2.82 bits per heavy atom. The van der Waals surface area contributed by atoms with Gasteiger partial charge in [-0.1, -0.05) is 12.1 Å². The molecule has 0 bridgehead atoms. The predicted octanol–water partition coefficient (Wildman–Crippen LogP) is 2.87. The molecule has 2 unspecified atom stereocenters. The van der Waals surface area contributed by atoms with Crippen LogP contribution < -0.4 is 5.73 Å². The zero-order chi connectivity index (χ0) is 22.9. The van der Waals surface area contributed by atoms with Gasteiger partial charge in [0, 0.05) is 34.8 Å². The van der Waals surface area contributed by atoms with Gasteiger partial charge in [-0.2, -0.15) is 0 Å². The van der Waals surface area contributed by atoms with Crippen LogP contribution in [0.15, 0.2) is 42.6 Å². The highest BCUT2D eigenvalue weighted by atomic mass is 16.5. The Balaban J connectivity index is 1.41. The van der Waals surface area contributed by atoms with Crippen LogP contribution in [0.1, 0.15) is 38.7 Å². The number of Topliss-reactive ketones (excluding diaryl/α,β-unsaturated/α-hetero) is 1. The molecule has 168 valence electrons. The average Bonchev–Trinajstić information content (AvgIpc) is 3.36. The number of nitrogens with two attached hydrogens (primary N) is 1. The SMILES string of the molecule is CC1(C)C2=[N+](O)c3cc(-c4ccc[nH]4)ccc3C2=C[C@H]2C(=O)N3CCCC34C(=O)[C@@]4(N)CC21. The average molecular weight is 444 g/mol. The summed E-state index contributed by atoms with van der Waals surface area (Å²) in [4.78, 5) is 31.9. The summed E-state index contributed by atoms with van der Waals surface area (Å²) in [6.45, 7) is 4.73. The number of carbonyl (C=O) groups is 2. The molecule has 3 aliphatic heterocycles. The molecule has 7 rings (SSSR count). The number of ketones is 1. The van der Waals surface area contributed by atoms with Crippen molar-refractivity contribution in [2.75, 3.05) is 6.54 Å². The van der Waals surface area contributed by atoms with Crippen molar-refractivity contribution in [1.82, 2.24) is 9.88 Å². The van der Waals surface area contributed by atoms with Crippen LogP contribution in [0.3, 0.4) is 0 Å². The first-order valence-electron chi connectivity index (χ1n) is 11.7. The predicted molar refractivity (Wildman–Crippen MR) is 122 cm³/mol. The Morgan fingerprint density at radius 1 is 1.24 bits per heavy atom. The van der Waals surface area contributed by atoms with E-state index in [0.717, 1.165) is 34.5 Å². The van der Waals surface area contributed by atoms with Crippen LogP contribution in [0.2, 0.25) is 0 Å². The molecule has 33 heavy (non-hydrogen) atoms. The molecule has 1 aromatic carbocycles. The van der Waals surface area contributed by atoms with E-state index in [1.165, 1.54) is 4.74 Å². The van der Waals surface area contributed by atoms with Crippen LogP contribution in [0, 0.1) is 17.3 Å². The molecule has 3 fully saturated rings. The van der Waals surface area contributed by atoms with Gasteiger partial charge >= 0.3 is 0 Å². The van der Waals surface area contributed by atoms with Gasteiger partial charge in [0.25, 0.3) is 5.69 Å². The Kier molecular flexibility index (Phi) is 3.30. The first-order chi connectivity index (χ1) is 15.7. The highest BCUT2D eigenvalue weighted by Crippen LogP contribution is 2.63. The Labute approximate surface area is 191 Å². The quantitative estimate of drug-likeness (QED) is 0.466. The summed E-state index contributed by atoms with van der Waals surface area (Å²) in [5.74, 6) is -0.510. The number of benzene rings is 1. The van der Waals surface area contributed by atoms with Crippen LogP contribution in [-0.4, -0.2) is 54.9 Å². The number of carbonyl (C=O) groups excluding carboxylic acids is 2. The molecule has 1 spiro atoms. The van der Waals surface area contributed by atoms with Crippen LogP contribution in [0.5, 0.6) is 0 Å². The van der Waals surface area contributed by atoms with E-state index in [0.29, 0.717) is 25.1 Å². The van der Waals surface area contributed by atoms with Crippen LogP contribution in [0.25, 0.3) is 16.8 Å². The van der Waals surface area contributed by atoms with Gasteiger partial charge in [0.1, 0.15) is 11.1 Å². The second-order valence-corrected chi connectivity index (χ2v) is 10.9. The van der Waals surface area contributed by atoms with Crippen LogP contribution in [-0.2, 0) is 9.59 Å². The summed E-state index contributed by atoms with van der Waals surface area (Å²) in [6, 6.07) is 9.97. The number of amides is 1. The minimum absolute atomic E-state index is 0.0104. The highest BCUT2D eigenvalue weighted by Gasteiger charge is 2.82. The van der Waals surface area contributed by atoms with E-state index in [1.54, 1.807) is 4.90 Å². The van der Waals surface area contributed by atoms with Crippen LogP contribution in [0.4, 0.5) is 5.69 Å². The van der Waals surface area contributed by atoms with E-state index < -0.39 is 16.5 Å². The van der Waals surface area contributed by atoms with E-state index in [2.05, 4.69) is 18.8 Å². The van der Waals surface area contributed by atoms with Gasteiger partial charge in [0.2, 0.25) is 11.6 Å². The number of allylic oxidation sites excluding steroid dienone is 1. The summed E-state index contributed by atoms with van der Waals surface area (Å²) in [6.07, 6.45) is 5.84. The fraction of sp³-hybridized carbons (Fsp3) is 0.423. The van der Waals surface area contributed by atoms with Crippen molar-refractivity contribution in [3.63, 3.8) is 0 Å². The van der Waals surface area contributed by atoms with Crippen molar-refractivity contribution in [3.05, 3.63) is 48.2 Å². The molecular formula is C26H27N4O3+. The zero-order valence-electron chi connectivity index (χ0n) is 18.8. The topological polar surface area (TPSA) is 102 Å². The fourth-order valence-electron chi connectivity index (χ4n) is 7.40. The molecule has 4 atom stereocenters. The Morgan fingerprint density at radius 2 is 2.06 bits per heavy atom. The van der Waals surface area contributed by atoms with E-state index >= 15 is 0 Å². The monoisotopic (exact) mass is 443 g/mol. The van der Waals surface area contributed by atoms with Gasteiger partial charge < -0.3 is 15.6 Å². The van der Waals surface area contributed by atoms with Crippen LogP contribution >= 0.6 is 0 Å². The standard InChI is InChI=1S/C26H27N4O3/c1-24(2)18-13-25(27)23(32)26(25)8-4-10-29(26)22(31)17(18)12-16-15-7-6-14(19-5-3-9-28-19)11-20(15)30(33)21(16)24/h3,5-7,9,11-12,17-18,28,33H,4,8,10,13,27H2,1-2H3/q+1/t17-,18?,25+,26?/m1/s1. The number of nitrogens with zero attached hydrogens (tertiary/aromatic N) is 2. The molecule has 2 aromatic rings. The summed E-state index contributed by atoms with van der Waals surface area (Å²) in [7, 11) is 0. The second-order valence-electron chi connectivity index (χ2n) is 10.9. The van der Waals surface area contributed by atoms with Crippen molar-refractivity contribution >= 4 is 28.7 Å². The maximum Gasteiger partial charge on any atom is 0.266 e. The van der Waals surface area contributed by atoms with Crippen molar-refractivity contribution < 1.29 is 19.5 Å². The van der Waals surface area contributed by atoms with Crippen molar-refractivity contribution in [2.45, 2.75) is 44.2 Å². The van der Waals surface area contributed by atoms with Crippen molar-refractivity contribution in [1.29, 1.82) is 0 Å². The van der Waals surface area contributed by atoms with E-state index in [-0.39, 0.29) is 23.5 Å². The number of H-pyrrole nitrogens is 1. The lowest BCUT2D eigenvalue weighted by atomic mass is 9.60. The molecular weight excluding hydrogens is 416 g/mol. The number of nitrogens with one attached hydrogen (secondary N) is 1. The maximum absolute atomic E-state index is 13.8. The molecule has 1 saturated carbocycles. The molecule has 0 radical (unpaired) electrons. The third-order valence-electron chi connectivity index (χ3n) is 9.14. The van der Waals surface area contributed by atoms with Gasteiger partial charge in [-0.05, 0) is 57.2 Å². The summed E-state index contributed by atoms with van der Waals surface area (Å²) >= 11 is 0. The van der Waals surface area contributed by atoms with Gasteiger partial charge in [-0.15, -0.1) is 0 Å². The molecule has 7 heteroatoms. The van der Waals surface area contributed by atoms with Crippen molar-refractivity contribution in [2.24, 2.45) is 23.0 Å². The first-order valence-corrected chi connectivity index (χ1v) is 11.7. The summed E-state index contributed by atoms with van der Waals surface area (Å²) in [5, 5.41) is 11.4. The van der Waals surface area contributed by atoms with E-state index in [9.17, 15) is 14.8 Å². The third-order valence-corrected chi connectivity index (χ3v) is 9.14. The summed E-state index contributed by atoms with van der Waals surface area (Å²) < 4.78 is 1.29. The van der Waals surface area contributed by atoms with E-state index in [1.807, 2.05) is 42.6 Å². The number of fused-ring (bicyclic) bond motifs is 4. The van der Waals surface area contributed by atoms with Gasteiger partial charge in [-0.3, -0.25) is 14.8 Å². The maximum atomic E-state index is 13.8. The smallest absolute Gasteiger partial charge is 0.266 e. The number of hydrogen-bond donors (Lipinski definition) is 3. The normalized spacial score (nSPS) is 35.4. The number of aromatic amines is 1. The fourth-order valence-corrected chi connectivity index (χ4v) is 7.40. The summed E-state index contributed by atoms with van der Waals surface area (Å²) in [5.41, 5.74) is 9.67. The lowest BCUT2D eigenvalue weighted by molar-refractivity contribution is -0.712. The van der Waals surface area contributed by atoms with E-state index in [4.69, 9.17) is 5.73 Å². The Hall–Kier alpha value is -3.19. The Bertz CT molecular complexity index is 1340. The lowest BCUT2D eigenvalue weighted by Crippen LogP contribution is -2.48. The number of rotatable bonds is 1. The first kappa shape index (κ1) is 19.3. The highest BCUT2D eigenvalue weighted by molar-refractivity contribution is 6.29. The molecule has 4 heterocycles. The number of hydrogen-bond acceptors (Lipinski definition) is 4. The van der Waals surface area contributed by atoms with Gasteiger partial charge in [-0.25, -0.2) is 0 Å². The third kappa shape index (κ3) is 2.00. The molecule has 2 aliphatic carbocycles. The minimum Gasteiger partial charge on any atom is -0.361 e. The molecule has 4 N–H and O–H groups in total. The minimum atomic E-state index is -0.978. The largest absolute Gasteiger partial charge is 0.361 e. The zero-order valence-corrected chi connectivity index (χ0v) is 18.8. The molecule has 7 nitrogen and oxygen atoms in total. The molecule has 1 aromatic heterocycles. The molecule has 1 amide bonds. The van der Waals surface area contributed by atoms with Gasteiger partial charge in [0.05, 0.1) is 22.5 Å². The molecule has 2 saturated heterocycles. The molecule has 5 aliphatic rings.